The van der Waals surface area contributed by atoms with Crippen molar-refractivity contribution < 1.29 is 13.2 Å². The monoisotopic (exact) mass is 285 g/mol. The fraction of sp³-hybridized carbons (Fsp3) is 0.667. The highest BCUT2D eigenvalue weighted by Gasteiger charge is 2.37. The van der Waals surface area contributed by atoms with Gasteiger partial charge in [0.25, 0.3) is 10.2 Å². The molecule has 2 aliphatic rings. The number of rotatable bonds is 2. The van der Waals surface area contributed by atoms with E-state index in [9.17, 15) is 8.42 Å². The van der Waals surface area contributed by atoms with Gasteiger partial charge in [-0.1, -0.05) is 0 Å². The number of hydrogen-bond acceptors (Lipinski definition) is 3. The third-order valence-electron chi connectivity index (χ3n) is 3.88. The fourth-order valence-electron chi connectivity index (χ4n) is 2.80. The molecule has 0 spiro atoms. The number of hydrogen-bond donors (Lipinski definition) is 0. The van der Waals surface area contributed by atoms with Crippen molar-refractivity contribution in [1.29, 1.82) is 0 Å². The summed E-state index contributed by atoms with van der Waals surface area (Å²) in [7, 11) is -3.38. The third kappa shape index (κ3) is 2.20. The Hall–Kier alpha value is -0.890. The van der Waals surface area contributed by atoms with E-state index >= 15 is 0 Å². The summed E-state index contributed by atoms with van der Waals surface area (Å²) in [4.78, 5) is 0. The average molecular weight is 285 g/mol. The quantitative estimate of drug-likeness (QED) is 0.792. The van der Waals surface area contributed by atoms with Gasteiger partial charge in [-0.05, 0) is 19.1 Å². The van der Waals surface area contributed by atoms with Gasteiger partial charge in [-0.25, -0.2) is 0 Å². The molecule has 7 heteroatoms. The van der Waals surface area contributed by atoms with E-state index in [4.69, 9.17) is 4.74 Å². The van der Waals surface area contributed by atoms with Crippen molar-refractivity contribution in [3.8, 4) is 0 Å². The Morgan fingerprint density at radius 1 is 1.21 bits per heavy atom. The Kier molecular flexibility index (Phi) is 3.38. The van der Waals surface area contributed by atoms with Crippen LogP contribution in [0.25, 0.3) is 0 Å². The molecule has 1 atom stereocenters. The molecule has 0 unspecified atom stereocenters. The number of morpholine rings is 1. The van der Waals surface area contributed by atoms with Crippen molar-refractivity contribution in [2.75, 3.05) is 32.8 Å². The zero-order chi connectivity index (χ0) is 13.5. The van der Waals surface area contributed by atoms with Gasteiger partial charge >= 0.3 is 0 Å². The van der Waals surface area contributed by atoms with Gasteiger partial charge in [-0.3, -0.25) is 0 Å². The van der Waals surface area contributed by atoms with Crippen LogP contribution in [0.2, 0.25) is 0 Å². The Balaban J connectivity index is 1.86. The van der Waals surface area contributed by atoms with E-state index < -0.39 is 10.2 Å². The van der Waals surface area contributed by atoms with Crippen LogP contribution in [0.1, 0.15) is 18.7 Å². The van der Waals surface area contributed by atoms with Crippen LogP contribution in [0.5, 0.6) is 0 Å². The predicted molar refractivity (Wildman–Crippen MR) is 70.9 cm³/mol. The van der Waals surface area contributed by atoms with E-state index in [-0.39, 0.29) is 6.04 Å². The van der Waals surface area contributed by atoms with E-state index in [0.717, 1.165) is 12.2 Å². The first-order valence-electron chi connectivity index (χ1n) is 6.60. The van der Waals surface area contributed by atoms with Crippen LogP contribution in [0.4, 0.5) is 0 Å². The molecule has 0 bridgehead atoms. The number of fused-ring (bicyclic) bond motifs is 1. The normalized spacial score (nSPS) is 26.3. The molecular formula is C12H19N3O3S. The molecule has 0 saturated carbocycles. The molecule has 3 heterocycles. The number of aromatic nitrogens is 1. The van der Waals surface area contributed by atoms with Crippen LogP contribution >= 0.6 is 0 Å². The minimum Gasteiger partial charge on any atom is -0.379 e. The van der Waals surface area contributed by atoms with E-state index in [1.807, 2.05) is 25.3 Å². The van der Waals surface area contributed by atoms with Crippen LogP contribution in [0, 0.1) is 0 Å². The lowest BCUT2D eigenvalue weighted by molar-refractivity contribution is 0.0686. The van der Waals surface area contributed by atoms with E-state index in [1.165, 1.54) is 4.31 Å². The summed E-state index contributed by atoms with van der Waals surface area (Å²) in [5.41, 5.74) is 1.06. The summed E-state index contributed by atoms with van der Waals surface area (Å²) in [5.74, 6) is 0. The zero-order valence-corrected chi connectivity index (χ0v) is 11.8. The second-order valence-corrected chi connectivity index (χ2v) is 6.81. The first kappa shape index (κ1) is 13.1. The number of ether oxygens (including phenoxy) is 1. The average Bonchev–Trinajstić information content (AvgIpc) is 2.89. The Labute approximate surface area is 113 Å². The second-order valence-electron chi connectivity index (χ2n) is 4.93. The van der Waals surface area contributed by atoms with E-state index in [1.54, 1.807) is 4.31 Å². The summed E-state index contributed by atoms with van der Waals surface area (Å²) in [6.07, 6.45) is 2.00. The van der Waals surface area contributed by atoms with Gasteiger partial charge in [0, 0.05) is 38.1 Å². The van der Waals surface area contributed by atoms with E-state index in [2.05, 4.69) is 4.57 Å². The highest BCUT2D eigenvalue weighted by atomic mass is 32.2. The summed E-state index contributed by atoms with van der Waals surface area (Å²) >= 11 is 0. The van der Waals surface area contributed by atoms with Gasteiger partial charge in [0.15, 0.2) is 0 Å². The molecule has 0 aromatic carbocycles. The molecule has 0 amide bonds. The van der Waals surface area contributed by atoms with Crippen molar-refractivity contribution in [2.24, 2.45) is 0 Å². The minimum absolute atomic E-state index is 0.114. The van der Waals surface area contributed by atoms with Crippen molar-refractivity contribution in [1.82, 2.24) is 13.2 Å². The molecule has 0 aliphatic carbocycles. The molecule has 1 fully saturated rings. The second kappa shape index (κ2) is 4.90. The van der Waals surface area contributed by atoms with Gasteiger partial charge < -0.3 is 9.30 Å². The summed E-state index contributed by atoms with van der Waals surface area (Å²) in [6.45, 7) is 5.07. The standard InChI is InChI=1S/C12H19N3O3S/c1-11-12-3-2-4-13(12)5-6-15(11)19(16,17)14-7-9-18-10-8-14/h2-4,11H,5-10H2,1H3/t11-/m0/s1. The molecule has 2 aliphatic heterocycles. The smallest absolute Gasteiger partial charge is 0.282 e. The molecule has 6 nitrogen and oxygen atoms in total. The lowest BCUT2D eigenvalue weighted by atomic mass is 10.2. The molecule has 1 saturated heterocycles. The molecule has 106 valence electrons. The minimum atomic E-state index is -3.38. The van der Waals surface area contributed by atoms with Crippen LogP contribution in [0.3, 0.4) is 0 Å². The van der Waals surface area contributed by atoms with E-state index in [0.29, 0.717) is 32.8 Å². The van der Waals surface area contributed by atoms with Crippen molar-refractivity contribution in [2.45, 2.75) is 19.5 Å². The first-order valence-corrected chi connectivity index (χ1v) is 8.00. The Morgan fingerprint density at radius 2 is 1.95 bits per heavy atom. The Morgan fingerprint density at radius 3 is 2.68 bits per heavy atom. The third-order valence-corrected chi connectivity index (χ3v) is 5.99. The van der Waals surface area contributed by atoms with Crippen molar-refractivity contribution >= 4 is 10.2 Å². The zero-order valence-electron chi connectivity index (χ0n) is 11.0. The van der Waals surface area contributed by atoms with Crippen molar-refractivity contribution in [3.63, 3.8) is 0 Å². The van der Waals surface area contributed by atoms with Gasteiger partial charge in [0.1, 0.15) is 0 Å². The molecule has 19 heavy (non-hydrogen) atoms. The summed E-state index contributed by atoms with van der Waals surface area (Å²) in [6, 6.07) is 3.85. The van der Waals surface area contributed by atoms with Crippen molar-refractivity contribution in [3.05, 3.63) is 24.0 Å². The van der Waals surface area contributed by atoms with Gasteiger partial charge in [-0.2, -0.15) is 17.0 Å². The van der Waals surface area contributed by atoms with Gasteiger partial charge in [0.05, 0.1) is 19.3 Å². The van der Waals surface area contributed by atoms with Crippen LogP contribution in [0.15, 0.2) is 18.3 Å². The van der Waals surface area contributed by atoms with Crippen LogP contribution in [-0.4, -0.2) is 54.4 Å². The Bertz CT molecular complexity index is 548. The molecule has 1 aromatic rings. The number of nitrogens with zero attached hydrogens (tertiary/aromatic N) is 3. The van der Waals surface area contributed by atoms with Crippen LogP contribution < -0.4 is 0 Å². The molecule has 3 rings (SSSR count). The maximum Gasteiger partial charge on any atom is 0.282 e. The largest absolute Gasteiger partial charge is 0.379 e. The highest BCUT2D eigenvalue weighted by molar-refractivity contribution is 7.86. The maximum atomic E-state index is 12.7. The maximum absolute atomic E-state index is 12.7. The topological polar surface area (TPSA) is 54.8 Å². The van der Waals surface area contributed by atoms with Crippen LogP contribution in [-0.2, 0) is 21.5 Å². The summed E-state index contributed by atoms with van der Waals surface area (Å²) in [5, 5.41) is 0. The molecule has 0 N–H and O–H groups in total. The summed E-state index contributed by atoms with van der Waals surface area (Å²) < 4.78 is 35.8. The highest BCUT2D eigenvalue weighted by Crippen LogP contribution is 2.29. The first-order chi connectivity index (χ1) is 9.10. The molecule has 1 aromatic heterocycles. The molecular weight excluding hydrogens is 266 g/mol. The lowest BCUT2D eigenvalue weighted by Crippen LogP contribution is -2.51. The van der Waals surface area contributed by atoms with Gasteiger partial charge in [0.2, 0.25) is 0 Å². The fourth-order valence-corrected chi connectivity index (χ4v) is 4.53. The molecule has 0 radical (unpaired) electrons. The predicted octanol–water partition coefficient (Wildman–Crippen LogP) is 0.442. The van der Waals surface area contributed by atoms with Gasteiger partial charge in [-0.15, -0.1) is 0 Å². The SMILES string of the molecule is C[C@H]1c2cccn2CCN1S(=O)(=O)N1CCOCC1. The lowest BCUT2D eigenvalue weighted by Gasteiger charge is -2.38.